The maximum absolute atomic E-state index is 12.8. The highest BCUT2D eigenvalue weighted by Crippen LogP contribution is 2.10. The van der Waals surface area contributed by atoms with Crippen LogP contribution < -0.4 is 0 Å². The van der Waals surface area contributed by atoms with E-state index in [1.54, 1.807) is 12.1 Å². The molecule has 0 aliphatic heterocycles. The van der Waals surface area contributed by atoms with Crippen molar-refractivity contribution in [2.75, 3.05) is 6.54 Å². The average molecular weight is 253 g/mol. The van der Waals surface area contributed by atoms with E-state index >= 15 is 0 Å². The molecule has 0 aromatic heterocycles. The van der Waals surface area contributed by atoms with Gasteiger partial charge in [-0.3, -0.25) is 9.69 Å². The molecule has 0 unspecified atom stereocenters. The standard InChI is InChI=1S/C14H20FNO2/c1-11(2)16(9-3-4-14(17)18)10-12-5-7-13(15)8-6-12/h5-8,11H,3-4,9-10H2,1-2H3,(H,17,18). The molecule has 0 saturated heterocycles. The van der Waals surface area contributed by atoms with Gasteiger partial charge in [-0.1, -0.05) is 12.1 Å². The molecular formula is C14H20FNO2. The van der Waals surface area contributed by atoms with E-state index in [0.29, 0.717) is 12.5 Å². The molecule has 0 fully saturated rings. The Morgan fingerprint density at radius 2 is 1.94 bits per heavy atom. The molecule has 0 amide bonds. The van der Waals surface area contributed by atoms with Crippen LogP contribution in [0, 0.1) is 5.82 Å². The topological polar surface area (TPSA) is 40.5 Å². The zero-order valence-corrected chi connectivity index (χ0v) is 10.9. The largest absolute Gasteiger partial charge is 0.481 e. The summed E-state index contributed by atoms with van der Waals surface area (Å²) in [6, 6.07) is 6.77. The first-order valence-corrected chi connectivity index (χ1v) is 6.19. The van der Waals surface area contributed by atoms with Crippen LogP contribution in [0.15, 0.2) is 24.3 Å². The van der Waals surface area contributed by atoms with E-state index < -0.39 is 5.97 Å². The molecule has 18 heavy (non-hydrogen) atoms. The van der Waals surface area contributed by atoms with E-state index in [2.05, 4.69) is 18.7 Å². The molecule has 1 rings (SSSR count). The van der Waals surface area contributed by atoms with Crippen LogP contribution in [0.1, 0.15) is 32.3 Å². The number of carboxylic acids is 1. The van der Waals surface area contributed by atoms with Crippen LogP contribution >= 0.6 is 0 Å². The highest BCUT2D eigenvalue weighted by atomic mass is 19.1. The minimum Gasteiger partial charge on any atom is -0.481 e. The first-order chi connectivity index (χ1) is 8.49. The number of carbonyl (C=O) groups is 1. The zero-order chi connectivity index (χ0) is 13.5. The third-order valence-electron chi connectivity index (χ3n) is 2.87. The van der Waals surface area contributed by atoms with Crippen molar-refractivity contribution in [1.29, 1.82) is 0 Å². The summed E-state index contributed by atoms with van der Waals surface area (Å²) in [4.78, 5) is 12.7. The normalized spacial score (nSPS) is 11.2. The van der Waals surface area contributed by atoms with Gasteiger partial charge in [-0.15, -0.1) is 0 Å². The number of carboxylic acid groups (broad SMARTS) is 1. The second kappa shape index (κ2) is 7.11. The quantitative estimate of drug-likeness (QED) is 0.812. The molecular weight excluding hydrogens is 233 g/mol. The molecule has 0 spiro atoms. The van der Waals surface area contributed by atoms with Gasteiger partial charge in [0.05, 0.1) is 0 Å². The Morgan fingerprint density at radius 3 is 2.44 bits per heavy atom. The molecule has 4 heteroatoms. The van der Waals surface area contributed by atoms with Crippen LogP contribution in [0.25, 0.3) is 0 Å². The second-order valence-electron chi connectivity index (χ2n) is 4.69. The van der Waals surface area contributed by atoms with Gasteiger partial charge in [-0.2, -0.15) is 0 Å². The lowest BCUT2D eigenvalue weighted by Gasteiger charge is -2.26. The van der Waals surface area contributed by atoms with Crippen LogP contribution in [0.2, 0.25) is 0 Å². The summed E-state index contributed by atoms with van der Waals surface area (Å²) in [6.07, 6.45) is 0.821. The Labute approximate surface area is 107 Å². The summed E-state index contributed by atoms with van der Waals surface area (Å²) in [5, 5.41) is 8.63. The SMILES string of the molecule is CC(C)N(CCCC(=O)O)Cc1ccc(F)cc1. The Morgan fingerprint density at radius 1 is 1.33 bits per heavy atom. The van der Waals surface area contributed by atoms with Crippen LogP contribution in [0.5, 0.6) is 0 Å². The summed E-state index contributed by atoms with van der Waals surface area (Å²) in [5.74, 6) is -0.999. The number of hydrogen-bond donors (Lipinski definition) is 1. The minimum atomic E-state index is -0.763. The van der Waals surface area contributed by atoms with Crippen molar-refractivity contribution in [1.82, 2.24) is 4.90 Å². The molecule has 0 heterocycles. The number of benzene rings is 1. The molecule has 0 bridgehead atoms. The van der Waals surface area contributed by atoms with Gasteiger partial charge in [0.15, 0.2) is 0 Å². The molecule has 0 atom stereocenters. The van der Waals surface area contributed by atoms with Crippen molar-refractivity contribution in [3.8, 4) is 0 Å². The molecule has 0 aliphatic rings. The summed E-state index contributed by atoms with van der Waals surface area (Å²) in [7, 11) is 0. The lowest BCUT2D eigenvalue weighted by atomic mass is 10.1. The third-order valence-corrected chi connectivity index (χ3v) is 2.87. The molecule has 1 aromatic carbocycles. The Bertz CT molecular complexity index is 376. The smallest absolute Gasteiger partial charge is 0.303 e. The maximum atomic E-state index is 12.8. The van der Waals surface area contributed by atoms with Crippen molar-refractivity contribution in [2.24, 2.45) is 0 Å². The number of aliphatic carboxylic acids is 1. The predicted molar refractivity (Wildman–Crippen MR) is 68.8 cm³/mol. The minimum absolute atomic E-state index is 0.187. The fraction of sp³-hybridized carbons (Fsp3) is 0.500. The van der Waals surface area contributed by atoms with E-state index in [9.17, 15) is 9.18 Å². The van der Waals surface area contributed by atoms with E-state index in [1.165, 1.54) is 12.1 Å². The third kappa shape index (κ3) is 5.27. The van der Waals surface area contributed by atoms with Gasteiger partial charge in [0.2, 0.25) is 0 Å². The van der Waals surface area contributed by atoms with Crippen molar-refractivity contribution < 1.29 is 14.3 Å². The van der Waals surface area contributed by atoms with Crippen LogP contribution in [0.3, 0.4) is 0 Å². The highest BCUT2D eigenvalue weighted by molar-refractivity contribution is 5.66. The van der Waals surface area contributed by atoms with Crippen molar-refractivity contribution in [3.05, 3.63) is 35.6 Å². The molecule has 1 N–H and O–H groups in total. The fourth-order valence-corrected chi connectivity index (χ4v) is 1.78. The number of halogens is 1. The van der Waals surface area contributed by atoms with Crippen molar-refractivity contribution in [3.63, 3.8) is 0 Å². The summed E-state index contributed by atoms with van der Waals surface area (Å²) < 4.78 is 12.8. The Hall–Kier alpha value is -1.42. The molecule has 1 aromatic rings. The van der Waals surface area contributed by atoms with Gasteiger partial charge in [0, 0.05) is 19.0 Å². The summed E-state index contributed by atoms with van der Waals surface area (Å²) >= 11 is 0. The molecule has 3 nitrogen and oxygen atoms in total. The number of rotatable bonds is 7. The average Bonchev–Trinajstić information content (AvgIpc) is 2.30. The summed E-state index contributed by atoms with van der Waals surface area (Å²) in [6.45, 7) is 5.60. The molecule has 0 saturated carbocycles. The van der Waals surface area contributed by atoms with Gasteiger partial charge in [0.1, 0.15) is 5.82 Å². The number of nitrogens with zero attached hydrogens (tertiary/aromatic N) is 1. The van der Waals surface area contributed by atoms with Gasteiger partial charge < -0.3 is 5.11 Å². The lowest BCUT2D eigenvalue weighted by molar-refractivity contribution is -0.137. The monoisotopic (exact) mass is 253 g/mol. The second-order valence-corrected chi connectivity index (χ2v) is 4.69. The van der Waals surface area contributed by atoms with Crippen LogP contribution in [0.4, 0.5) is 4.39 Å². The predicted octanol–water partition coefficient (Wildman–Crippen LogP) is 2.90. The first kappa shape index (κ1) is 14.6. The van der Waals surface area contributed by atoms with Crippen molar-refractivity contribution >= 4 is 5.97 Å². The number of hydrogen-bond acceptors (Lipinski definition) is 2. The molecule has 0 radical (unpaired) electrons. The summed E-state index contributed by atoms with van der Waals surface area (Å²) in [5.41, 5.74) is 1.04. The maximum Gasteiger partial charge on any atom is 0.303 e. The van der Waals surface area contributed by atoms with Gasteiger partial charge in [-0.05, 0) is 44.5 Å². The van der Waals surface area contributed by atoms with E-state index in [0.717, 1.165) is 18.7 Å². The first-order valence-electron chi connectivity index (χ1n) is 6.19. The van der Waals surface area contributed by atoms with E-state index in [1.807, 2.05) is 0 Å². The van der Waals surface area contributed by atoms with Gasteiger partial charge in [-0.25, -0.2) is 4.39 Å². The van der Waals surface area contributed by atoms with Gasteiger partial charge >= 0.3 is 5.97 Å². The van der Waals surface area contributed by atoms with Crippen molar-refractivity contribution in [2.45, 2.75) is 39.3 Å². The van der Waals surface area contributed by atoms with Gasteiger partial charge in [0.25, 0.3) is 0 Å². The van der Waals surface area contributed by atoms with Crippen LogP contribution in [-0.2, 0) is 11.3 Å². The fourth-order valence-electron chi connectivity index (χ4n) is 1.78. The lowest BCUT2D eigenvalue weighted by Crippen LogP contribution is -2.31. The van der Waals surface area contributed by atoms with E-state index in [4.69, 9.17) is 5.11 Å². The van der Waals surface area contributed by atoms with E-state index in [-0.39, 0.29) is 12.2 Å². The highest BCUT2D eigenvalue weighted by Gasteiger charge is 2.10. The van der Waals surface area contributed by atoms with Crippen LogP contribution in [-0.4, -0.2) is 28.6 Å². The Balaban J connectivity index is 2.52. The zero-order valence-electron chi connectivity index (χ0n) is 10.9. The molecule has 100 valence electrons. The Kier molecular flexibility index (Phi) is 5.78. The molecule has 0 aliphatic carbocycles.